The van der Waals surface area contributed by atoms with Gasteiger partial charge in [0.05, 0.1) is 30.9 Å². The highest BCUT2D eigenvalue weighted by molar-refractivity contribution is 5.01. The Hall–Kier alpha value is -0.560. The van der Waals surface area contributed by atoms with Crippen LogP contribution in [0.4, 0.5) is 0 Å². The molecule has 1 saturated carbocycles. The molecule has 32 heavy (non-hydrogen) atoms. The lowest BCUT2D eigenvalue weighted by Gasteiger charge is -2.47. The summed E-state index contributed by atoms with van der Waals surface area (Å²) >= 11 is 0. The molecule has 0 aromatic rings. The molecule has 2 heterocycles. The highest BCUT2D eigenvalue weighted by Gasteiger charge is 2.50. The molecule has 14 atom stereocenters. The SMILES string of the molecule is NCC1OC(OC2C(N)CC(N)C(O[C@H]3OC(CO)C(O)C(N)[C@@H]3O)C2O)C(N)CC1O. The van der Waals surface area contributed by atoms with Crippen LogP contribution in [0.2, 0.25) is 0 Å². The second-order valence-corrected chi connectivity index (χ2v) is 8.78. The van der Waals surface area contributed by atoms with E-state index in [0.717, 1.165) is 0 Å². The highest BCUT2D eigenvalue weighted by Crippen LogP contribution is 2.30. The summed E-state index contributed by atoms with van der Waals surface area (Å²) in [4.78, 5) is 0. The molecule has 15 N–H and O–H groups in total. The maximum Gasteiger partial charge on any atom is 0.186 e. The standard InChI is InChI=1S/C18H37N5O9/c19-3-9-8(25)2-7(22)17(29-9)31-15-5(20)1-6(21)16(14(15)28)32-18-13(27)11(23)12(26)10(4-24)30-18/h5-18,24-28H,1-4,19-23H2/t5?,6?,7?,8?,9?,10?,11?,12?,13-,14?,15?,16?,17?,18+/m0/s1. The van der Waals surface area contributed by atoms with E-state index in [4.69, 9.17) is 47.6 Å². The van der Waals surface area contributed by atoms with Crippen molar-refractivity contribution in [3.8, 4) is 0 Å². The Morgan fingerprint density at radius 2 is 1.28 bits per heavy atom. The fourth-order valence-corrected chi connectivity index (χ4v) is 4.43. The summed E-state index contributed by atoms with van der Waals surface area (Å²) in [6, 6.07) is -3.27. The van der Waals surface area contributed by atoms with Gasteiger partial charge >= 0.3 is 0 Å². The van der Waals surface area contributed by atoms with Crippen LogP contribution in [-0.2, 0) is 18.9 Å². The van der Waals surface area contributed by atoms with E-state index in [1.165, 1.54) is 0 Å². The van der Waals surface area contributed by atoms with Gasteiger partial charge in [-0.3, -0.25) is 0 Å². The summed E-state index contributed by atoms with van der Waals surface area (Å²) in [5.74, 6) is 0. The fraction of sp³-hybridized carbons (Fsp3) is 1.00. The van der Waals surface area contributed by atoms with Crippen LogP contribution in [0.1, 0.15) is 12.8 Å². The molecule has 188 valence electrons. The third-order valence-corrected chi connectivity index (χ3v) is 6.41. The lowest BCUT2D eigenvalue weighted by Crippen LogP contribution is -2.68. The number of ether oxygens (including phenoxy) is 4. The molecule has 0 aromatic carbocycles. The molecule has 3 fully saturated rings. The highest BCUT2D eigenvalue weighted by atomic mass is 16.7. The average Bonchev–Trinajstić information content (AvgIpc) is 2.75. The minimum Gasteiger partial charge on any atom is -0.394 e. The molecule has 2 saturated heterocycles. The van der Waals surface area contributed by atoms with Gasteiger partial charge in [-0.2, -0.15) is 0 Å². The zero-order chi connectivity index (χ0) is 23.7. The van der Waals surface area contributed by atoms with Crippen LogP contribution < -0.4 is 28.7 Å². The van der Waals surface area contributed by atoms with Crippen molar-refractivity contribution in [2.75, 3.05) is 13.2 Å². The van der Waals surface area contributed by atoms with Crippen molar-refractivity contribution >= 4 is 0 Å². The van der Waals surface area contributed by atoms with Crippen LogP contribution in [0.25, 0.3) is 0 Å². The van der Waals surface area contributed by atoms with Crippen LogP contribution in [0.15, 0.2) is 0 Å². The first kappa shape index (κ1) is 26.1. The second kappa shape index (κ2) is 10.8. The van der Waals surface area contributed by atoms with Gasteiger partial charge in [0.15, 0.2) is 12.6 Å². The number of nitrogens with two attached hydrogens (primary N) is 5. The Morgan fingerprint density at radius 1 is 0.719 bits per heavy atom. The lowest BCUT2D eigenvalue weighted by molar-refractivity contribution is -0.314. The van der Waals surface area contributed by atoms with Gasteiger partial charge in [-0.25, -0.2) is 0 Å². The first-order valence-electron chi connectivity index (χ1n) is 10.8. The van der Waals surface area contributed by atoms with Crippen molar-refractivity contribution in [1.82, 2.24) is 0 Å². The summed E-state index contributed by atoms with van der Waals surface area (Å²) in [7, 11) is 0. The van der Waals surface area contributed by atoms with E-state index in [9.17, 15) is 25.5 Å². The third-order valence-electron chi connectivity index (χ3n) is 6.41. The van der Waals surface area contributed by atoms with Gasteiger partial charge in [-0.15, -0.1) is 0 Å². The van der Waals surface area contributed by atoms with Gasteiger partial charge < -0.3 is 73.1 Å². The van der Waals surface area contributed by atoms with Crippen molar-refractivity contribution in [3.05, 3.63) is 0 Å². The van der Waals surface area contributed by atoms with Crippen molar-refractivity contribution in [2.45, 2.75) is 98.4 Å². The van der Waals surface area contributed by atoms with E-state index in [-0.39, 0.29) is 19.4 Å². The molecule has 14 nitrogen and oxygen atoms in total. The molecular formula is C18H37N5O9. The maximum atomic E-state index is 11.0. The molecule has 1 aliphatic carbocycles. The summed E-state index contributed by atoms with van der Waals surface area (Å²) < 4.78 is 22.7. The van der Waals surface area contributed by atoms with E-state index in [1.807, 2.05) is 0 Å². The summed E-state index contributed by atoms with van der Waals surface area (Å²) in [5.41, 5.74) is 29.8. The molecule has 14 heteroatoms. The van der Waals surface area contributed by atoms with Crippen molar-refractivity contribution in [3.63, 3.8) is 0 Å². The van der Waals surface area contributed by atoms with Gasteiger partial charge in [-0.1, -0.05) is 0 Å². The molecule has 0 spiro atoms. The molecule has 0 radical (unpaired) electrons. The van der Waals surface area contributed by atoms with Crippen LogP contribution in [0, 0.1) is 0 Å². The molecule has 2 aliphatic heterocycles. The number of aliphatic hydroxyl groups is 5. The van der Waals surface area contributed by atoms with E-state index in [0.29, 0.717) is 0 Å². The van der Waals surface area contributed by atoms with Crippen molar-refractivity contribution in [1.29, 1.82) is 0 Å². The number of hydrogen-bond donors (Lipinski definition) is 10. The Morgan fingerprint density at radius 3 is 1.84 bits per heavy atom. The van der Waals surface area contributed by atoms with E-state index < -0.39 is 92.2 Å². The quantitative estimate of drug-likeness (QED) is 0.174. The average molecular weight is 468 g/mol. The Balaban J connectivity index is 1.70. The molecule has 0 aromatic heterocycles. The van der Waals surface area contributed by atoms with Crippen LogP contribution in [-0.4, -0.2) is 124 Å². The van der Waals surface area contributed by atoms with Gasteiger partial charge in [0.25, 0.3) is 0 Å². The molecule has 3 rings (SSSR count). The first-order chi connectivity index (χ1) is 15.1. The van der Waals surface area contributed by atoms with Gasteiger partial charge in [0, 0.05) is 18.6 Å². The van der Waals surface area contributed by atoms with Crippen molar-refractivity contribution < 1.29 is 44.5 Å². The summed E-state index contributed by atoms with van der Waals surface area (Å²) in [5, 5.41) is 50.7. The number of aliphatic hydroxyl groups excluding tert-OH is 5. The zero-order valence-corrected chi connectivity index (χ0v) is 17.7. The fourth-order valence-electron chi connectivity index (χ4n) is 4.43. The third kappa shape index (κ3) is 5.24. The van der Waals surface area contributed by atoms with Crippen LogP contribution in [0.3, 0.4) is 0 Å². The number of hydrogen-bond acceptors (Lipinski definition) is 14. The first-order valence-corrected chi connectivity index (χ1v) is 10.8. The summed E-state index contributed by atoms with van der Waals surface area (Å²) in [6.07, 6.45) is -10.8. The minimum absolute atomic E-state index is 0.0542. The topological polar surface area (TPSA) is 268 Å². The van der Waals surface area contributed by atoms with Crippen LogP contribution >= 0.6 is 0 Å². The Labute approximate surface area is 185 Å². The molecule has 0 bridgehead atoms. The second-order valence-electron chi connectivity index (χ2n) is 8.78. The van der Waals surface area contributed by atoms with Gasteiger partial charge in [-0.05, 0) is 12.8 Å². The van der Waals surface area contributed by atoms with Crippen LogP contribution in [0.5, 0.6) is 0 Å². The predicted molar refractivity (Wildman–Crippen MR) is 108 cm³/mol. The monoisotopic (exact) mass is 467 g/mol. The van der Waals surface area contributed by atoms with Gasteiger partial charge in [0.1, 0.15) is 36.6 Å². The largest absolute Gasteiger partial charge is 0.394 e. The Kier molecular flexibility index (Phi) is 8.79. The minimum atomic E-state index is -1.44. The number of rotatable bonds is 6. The lowest BCUT2D eigenvalue weighted by atomic mass is 9.84. The predicted octanol–water partition coefficient (Wildman–Crippen LogP) is -6.30. The van der Waals surface area contributed by atoms with E-state index in [1.54, 1.807) is 0 Å². The molecule has 0 amide bonds. The van der Waals surface area contributed by atoms with Crippen molar-refractivity contribution in [2.24, 2.45) is 28.7 Å². The molecule has 12 unspecified atom stereocenters. The van der Waals surface area contributed by atoms with Gasteiger partial charge in [0.2, 0.25) is 0 Å². The van der Waals surface area contributed by atoms with E-state index >= 15 is 0 Å². The maximum absolute atomic E-state index is 11.0. The van der Waals surface area contributed by atoms with E-state index in [2.05, 4.69) is 0 Å². The zero-order valence-electron chi connectivity index (χ0n) is 17.7. The molecular weight excluding hydrogens is 430 g/mol. The normalized spacial score (nSPS) is 52.7. The smallest absolute Gasteiger partial charge is 0.186 e. The Bertz CT molecular complexity index is 607. The summed E-state index contributed by atoms with van der Waals surface area (Å²) in [6.45, 7) is -0.499. The molecule has 3 aliphatic rings.